The first kappa shape index (κ1) is 17.3. The number of ether oxygens (including phenoxy) is 2. The van der Waals surface area contributed by atoms with E-state index in [1.807, 2.05) is 26.0 Å². The SMILES string of the molecule is CN(Cc1ccccc1F)C(=O)COc1cccc2c1OC(C)(C)C2. The average molecular weight is 343 g/mol. The molecule has 132 valence electrons. The Balaban J connectivity index is 1.62. The van der Waals surface area contributed by atoms with Gasteiger partial charge < -0.3 is 14.4 Å². The van der Waals surface area contributed by atoms with E-state index < -0.39 is 0 Å². The third-order valence-corrected chi connectivity index (χ3v) is 4.20. The van der Waals surface area contributed by atoms with Gasteiger partial charge in [0, 0.05) is 31.1 Å². The number of halogens is 1. The maximum absolute atomic E-state index is 13.7. The lowest BCUT2D eigenvalue weighted by atomic mass is 10.0. The van der Waals surface area contributed by atoms with E-state index in [0.29, 0.717) is 17.1 Å². The molecule has 0 N–H and O–H groups in total. The van der Waals surface area contributed by atoms with Gasteiger partial charge in [-0.25, -0.2) is 4.39 Å². The van der Waals surface area contributed by atoms with Crippen LogP contribution in [0.3, 0.4) is 0 Å². The van der Waals surface area contributed by atoms with Crippen molar-refractivity contribution in [3.8, 4) is 11.5 Å². The molecule has 3 rings (SSSR count). The summed E-state index contributed by atoms with van der Waals surface area (Å²) in [6.45, 7) is 4.12. The van der Waals surface area contributed by atoms with Crippen LogP contribution in [0.2, 0.25) is 0 Å². The average Bonchev–Trinajstić information content (AvgIpc) is 2.89. The molecule has 1 aliphatic heterocycles. The highest BCUT2D eigenvalue weighted by Crippen LogP contribution is 2.41. The maximum Gasteiger partial charge on any atom is 0.260 e. The van der Waals surface area contributed by atoms with Gasteiger partial charge in [0.25, 0.3) is 5.91 Å². The highest BCUT2D eigenvalue weighted by Gasteiger charge is 2.32. The van der Waals surface area contributed by atoms with E-state index in [1.165, 1.54) is 11.0 Å². The number of rotatable bonds is 5. The molecule has 0 spiro atoms. The molecule has 0 atom stereocenters. The fourth-order valence-electron chi connectivity index (χ4n) is 2.92. The number of likely N-dealkylation sites (N-methyl/N-ethyl adjacent to an activating group) is 1. The Hall–Kier alpha value is -2.56. The molecular weight excluding hydrogens is 321 g/mol. The summed E-state index contributed by atoms with van der Waals surface area (Å²) in [5.74, 6) is 0.727. The fraction of sp³-hybridized carbons (Fsp3) is 0.350. The van der Waals surface area contributed by atoms with E-state index in [4.69, 9.17) is 9.47 Å². The molecule has 0 aliphatic carbocycles. The summed E-state index contributed by atoms with van der Waals surface area (Å²) in [5, 5.41) is 0. The van der Waals surface area contributed by atoms with Gasteiger partial charge in [-0.05, 0) is 26.0 Å². The van der Waals surface area contributed by atoms with Crippen LogP contribution in [0.15, 0.2) is 42.5 Å². The molecule has 2 aromatic rings. The molecule has 1 heterocycles. The van der Waals surface area contributed by atoms with Gasteiger partial charge >= 0.3 is 0 Å². The quantitative estimate of drug-likeness (QED) is 0.833. The Labute approximate surface area is 147 Å². The molecular formula is C20H22FNO3. The zero-order valence-corrected chi connectivity index (χ0v) is 14.7. The largest absolute Gasteiger partial charge is 0.483 e. The van der Waals surface area contributed by atoms with Crippen LogP contribution >= 0.6 is 0 Å². The highest BCUT2D eigenvalue weighted by atomic mass is 19.1. The van der Waals surface area contributed by atoms with Gasteiger partial charge in [-0.15, -0.1) is 0 Å². The number of benzene rings is 2. The van der Waals surface area contributed by atoms with Crippen molar-refractivity contribution in [2.45, 2.75) is 32.4 Å². The number of hydrogen-bond acceptors (Lipinski definition) is 3. The lowest BCUT2D eigenvalue weighted by Crippen LogP contribution is -2.31. The van der Waals surface area contributed by atoms with Crippen molar-refractivity contribution >= 4 is 5.91 Å². The van der Waals surface area contributed by atoms with Crippen molar-refractivity contribution in [2.75, 3.05) is 13.7 Å². The molecule has 2 aromatic carbocycles. The zero-order valence-electron chi connectivity index (χ0n) is 14.7. The normalized spacial score (nSPS) is 14.6. The second-order valence-electron chi connectivity index (χ2n) is 6.91. The van der Waals surface area contributed by atoms with Crippen molar-refractivity contribution in [1.29, 1.82) is 0 Å². The number of nitrogens with zero attached hydrogens (tertiary/aromatic N) is 1. The summed E-state index contributed by atoms with van der Waals surface area (Å²) in [4.78, 5) is 13.7. The van der Waals surface area contributed by atoms with Crippen LogP contribution in [0.1, 0.15) is 25.0 Å². The van der Waals surface area contributed by atoms with E-state index >= 15 is 0 Å². The van der Waals surface area contributed by atoms with Crippen molar-refractivity contribution in [2.24, 2.45) is 0 Å². The van der Waals surface area contributed by atoms with Gasteiger partial charge in [0.05, 0.1) is 0 Å². The van der Waals surface area contributed by atoms with E-state index in [2.05, 4.69) is 0 Å². The molecule has 0 fully saturated rings. The molecule has 5 heteroatoms. The summed E-state index contributed by atoms with van der Waals surface area (Å²) < 4.78 is 25.3. The van der Waals surface area contributed by atoms with Crippen LogP contribution in [-0.2, 0) is 17.8 Å². The third kappa shape index (κ3) is 3.92. The smallest absolute Gasteiger partial charge is 0.260 e. The molecule has 0 radical (unpaired) electrons. The second kappa shape index (κ2) is 6.75. The highest BCUT2D eigenvalue weighted by molar-refractivity contribution is 5.77. The lowest BCUT2D eigenvalue weighted by molar-refractivity contribution is -0.132. The summed E-state index contributed by atoms with van der Waals surface area (Å²) in [6.07, 6.45) is 0.806. The van der Waals surface area contributed by atoms with Crippen LogP contribution in [0.5, 0.6) is 11.5 Å². The van der Waals surface area contributed by atoms with Gasteiger partial charge in [0.15, 0.2) is 18.1 Å². The summed E-state index contributed by atoms with van der Waals surface area (Å²) in [6, 6.07) is 12.1. The first-order valence-electron chi connectivity index (χ1n) is 8.27. The molecule has 0 bridgehead atoms. The molecule has 1 amide bonds. The zero-order chi connectivity index (χ0) is 18.0. The van der Waals surface area contributed by atoms with Crippen molar-refractivity contribution < 1.29 is 18.7 Å². The number of hydrogen-bond donors (Lipinski definition) is 0. The van der Waals surface area contributed by atoms with Gasteiger partial charge in [-0.2, -0.15) is 0 Å². The molecule has 0 aromatic heterocycles. The van der Waals surface area contributed by atoms with Crippen LogP contribution in [0.4, 0.5) is 4.39 Å². The van der Waals surface area contributed by atoms with E-state index in [-0.39, 0.29) is 30.5 Å². The summed E-state index contributed by atoms with van der Waals surface area (Å²) in [7, 11) is 1.63. The van der Waals surface area contributed by atoms with Crippen LogP contribution < -0.4 is 9.47 Å². The van der Waals surface area contributed by atoms with Crippen LogP contribution in [-0.4, -0.2) is 30.1 Å². The first-order valence-corrected chi connectivity index (χ1v) is 8.27. The summed E-state index contributed by atoms with van der Waals surface area (Å²) >= 11 is 0. The third-order valence-electron chi connectivity index (χ3n) is 4.20. The Morgan fingerprint density at radius 2 is 2.00 bits per heavy atom. The Morgan fingerprint density at radius 3 is 2.76 bits per heavy atom. The van der Waals surface area contributed by atoms with Crippen molar-refractivity contribution in [3.63, 3.8) is 0 Å². The molecule has 0 unspecified atom stereocenters. The molecule has 0 saturated heterocycles. The second-order valence-corrected chi connectivity index (χ2v) is 6.91. The van der Waals surface area contributed by atoms with Crippen LogP contribution in [0.25, 0.3) is 0 Å². The minimum absolute atomic E-state index is 0.120. The van der Waals surface area contributed by atoms with Crippen molar-refractivity contribution in [3.05, 3.63) is 59.4 Å². The predicted molar refractivity (Wildman–Crippen MR) is 93.2 cm³/mol. The topological polar surface area (TPSA) is 38.8 Å². The summed E-state index contributed by atoms with van der Waals surface area (Å²) in [5.41, 5.74) is 1.28. The standard InChI is InChI=1S/C20H22FNO3/c1-20(2)11-14-8-6-10-17(19(14)25-20)24-13-18(23)22(3)12-15-7-4-5-9-16(15)21/h4-10H,11-13H2,1-3H3. The number of para-hydroxylation sites is 1. The Kier molecular flexibility index (Phi) is 4.66. The van der Waals surface area contributed by atoms with Crippen LogP contribution in [0, 0.1) is 5.82 Å². The van der Waals surface area contributed by atoms with E-state index in [9.17, 15) is 9.18 Å². The number of fused-ring (bicyclic) bond motifs is 1. The monoisotopic (exact) mass is 343 g/mol. The van der Waals surface area contributed by atoms with Crippen molar-refractivity contribution in [1.82, 2.24) is 4.90 Å². The number of carbonyl (C=O) groups excluding carboxylic acids is 1. The minimum atomic E-state index is -0.320. The molecule has 1 aliphatic rings. The first-order chi connectivity index (χ1) is 11.9. The maximum atomic E-state index is 13.7. The molecule has 25 heavy (non-hydrogen) atoms. The Bertz CT molecular complexity index is 788. The number of carbonyl (C=O) groups is 1. The predicted octanol–water partition coefficient (Wildman–Crippen LogP) is 3.58. The molecule has 4 nitrogen and oxygen atoms in total. The van der Waals surface area contributed by atoms with Gasteiger partial charge in [-0.3, -0.25) is 4.79 Å². The van der Waals surface area contributed by atoms with Gasteiger partial charge in [-0.1, -0.05) is 30.3 Å². The lowest BCUT2D eigenvalue weighted by Gasteiger charge is -2.20. The van der Waals surface area contributed by atoms with E-state index in [0.717, 1.165) is 12.0 Å². The molecule has 0 saturated carbocycles. The van der Waals surface area contributed by atoms with Gasteiger partial charge in [0.1, 0.15) is 11.4 Å². The van der Waals surface area contributed by atoms with E-state index in [1.54, 1.807) is 31.3 Å². The van der Waals surface area contributed by atoms with Gasteiger partial charge in [0.2, 0.25) is 0 Å². The number of amides is 1. The fourth-order valence-corrected chi connectivity index (χ4v) is 2.92. The Morgan fingerprint density at radius 1 is 1.24 bits per heavy atom. The minimum Gasteiger partial charge on any atom is -0.483 e.